The zero-order valence-corrected chi connectivity index (χ0v) is 16.5. The molecule has 0 radical (unpaired) electrons. The van der Waals surface area contributed by atoms with E-state index in [4.69, 9.17) is 9.47 Å². The summed E-state index contributed by atoms with van der Waals surface area (Å²) in [6.07, 6.45) is 1.26. The summed E-state index contributed by atoms with van der Waals surface area (Å²) in [4.78, 5) is 15.7. The molecule has 0 saturated heterocycles. The highest BCUT2D eigenvalue weighted by atomic mass is 16.6. The molecule has 0 saturated carbocycles. The normalized spacial score (nSPS) is 11.7. The van der Waals surface area contributed by atoms with Crippen LogP contribution in [0.2, 0.25) is 0 Å². The van der Waals surface area contributed by atoms with Crippen LogP contribution in [0.3, 0.4) is 0 Å². The molecule has 26 heavy (non-hydrogen) atoms. The number of nitrogens with zero attached hydrogens (tertiary/aromatic N) is 1. The van der Waals surface area contributed by atoms with Crippen LogP contribution in [0.15, 0.2) is 29.3 Å². The van der Waals surface area contributed by atoms with E-state index in [1.54, 1.807) is 14.2 Å². The largest absolute Gasteiger partial charge is 0.497 e. The molecule has 0 spiro atoms. The first-order valence-corrected chi connectivity index (χ1v) is 8.88. The molecule has 0 unspecified atom stereocenters. The lowest BCUT2D eigenvalue weighted by atomic mass is 10.1. The summed E-state index contributed by atoms with van der Waals surface area (Å²) in [5.41, 5.74) is 0.728. The molecule has 0 aliphatic heterocycles. The van der Waals surface area contributed by atoms with Crippen molar-refractivity contribution in [1.29, 1.82) is 0 Å². The van der Waals surface area contributed by atoms with Crippen LogP contribution >= 0.6 is 0 Å². The van der Waals surface area contributed by atoms with E-state index in [0.717, 1.165) is 31.1 Å². The summed E-state index contributed by atoms with van der Waals surface area (Å²) >= 11 is 0. The molecule has 0 aliphatic rings. The maximum Gasteiger partial charge on any atom is 0.407 e. The Kier molecular flexibility index (Phi) is 9.33. The standard InChI is InChI=1S/C19H32N4O3/c1-19(2,3)26-18(24)23-12-7-11-21-17(20-4)22-13-10-15-8-6-9-16(14-15)25-5/h6,8-9,14H,7,10-13H2,1-5H3,(H,23,24)(H2,20,21,22). The van der Waals surface area contributed by atoms with Crippen LogP contribution in [0.25, 0.3) is 0 Å². The number of nitrogens with one attached hydrogen (secondary N) is 3. The Hall–Kier alpha value is -2.44. The van der Waals surface area contributed by atoms with Gasteiger partial charge in [0.05, 0.1) is 7.11 Å². The Bertz CT molecular complexity index is 582. The van der Waals surface area contributed by atoms with E-state index >= 15 is 0 Å². The van der Waals surface area contributed by atoms with Gasteiger partial charge in [0.2, 0.25) is 0 Å². The molecule has 0 fully saturated rings. The van der Waals surface area contributed by atoms with Crippen molar-refractivity contribution < 1.29 is 14.3 Å². The molecule has 0 atom stereocenters. The van der Waals surface area contributed by atoms with E-state index in [2.05, 4.69) is 27.0 Å². The van der Waals surface area contributed by atoms with Crippen LogP contribution < -0.4 is 20.7 Å². The first kappa shape index (κ1) is 21.6. The molecule has 0 aromatic heterocycles. The van der Waals surface area contributed by atoms with Gasteiger partial charge in [-0.1, -0.05) is 12.1 Å². The molecule has 1 amide bonds. The van der Waals surface area contributed by atoms with E-state index in [0.29, 0.717) is 13.1 Å². The second-order valence-corrected chi connectivity index (χ2v) is 6.81. The molecule has 1 rings (SSSR count). The van der Waals surface area contributed by atoms with Gasteiger partial charge in [0.25, 0.3) is 0 Å². The molecule has 3 N–H and O–H groups in total. The highest BCUT2D eigenvalue weighted by Crippen LogP contribution is 2.12. The van der Waals surface area contributed by atoms with Crippen LogP contribution in [0.4, 0.5) is 4.79 Å². The van der Waals surface area contributed by atoms with Crippen molar-refractivity contribution in [3.63, 3.8) is 0 Å². The van der Waals surface area contributed by atoms with Crippen molar-refractivity contribution in [3.05, 3.63) is 29.8 Å². The Morgan fingerprint density at radius 2 is 1.81 bits per heavy atom. The average Bonchev–Trinajstić information content (AvgIpc) is 2.58. The van der Waals surface area contributed by atoms with Crippen LogP contribution in [0, 0.1) is 0 Å². The third-order valence-electron chi connectivity index (χ3n) is 3.38. The van der Waals surface area contributed by atoms with Crippen LogP contribution in [0.5, 0.6) is 5.75 Å². The summed E-state index contributed by atoms with van der Waals surface area (Å²) in [6.45, 7) is 7.54. The lowest BCUT2D eigenvalue weighted by Crippen LogP contribution is -2.40. The maximum atomic E-state index is 11.5. The summed E-state index contributed by atoms with van der Waals surface area (Å²) in [5, 5.41) is 9.23. The smallest absolute Gasteiger partial charge is 0.407 e. The minimum Gasteiger partial charge on any atom is -0.497 e. The fourth-order valence-electron chi connectivity index (χ4n) is 2.17. The number of amides is 1. The molecule has 0 heterocycles. The number of carbonyl (C=O) groups excluding carboxylic acids is 1. The predicted octanol–water partition coefficient (Wildman–Crippen LogP) is 2.32. The lowest BCUT2D eigenvalue weighted by molar-refractivity contribution is 0.0527. The van der Waals surface area contributed by atoms with Gasteiger partial charge in [-0.15, -0.1) is 0 Å². The SMILES string of the molecule is CN=C(NCCCNC(=O)OC(C)(C)C)NCCc1cccc(OC)c1. The number of benzene rings is 1. The van der Waals surface area contributed by atoms with E-state index in [-0.39, 0.29) is 0 Å². The molecular formula is C19H32N4O3. The third kappa shape index (κ3) is 9.76. The van der Waals surface area contributed by atoms with Crippen LogP contribution in [-0.4, -0.2) is 51.4 Å². The Morgan fingerprint density at radius 3 is 2.46 bits per heavy atom. The highest BCUT2D eigenvalue weighted by Gasteiger charge is 2.15. The van der Waals surface area contributed by atoms with Crippen molar-refractivity contribution in [2.45, 2.75) is 39.2 Å². The second kappa shape index (κ2) is 11.2. The van der Waals surface area contributed by atoms with Gasteiger partial charge in [-0.05, 0) is 51.3 Å². The first-order chi connectivity index (χ1) is 12.3. The number of methoxy groups -OCH3 is 1. The number of guanidine groups is 1. The van der Waals surface area contributed by atoms with Gasteiger partial charge in [-0.2, -0.15) is 0 Å². The fraction of sp³-hybridized carbons (Fsp3) is 0.579. The zero-order chi connectivity index (χ0) is 19.4. The van der Waals surface area contributed by atoms with Gasteiger partial charge in [0.15, 0.2) is 5.96 Å². The van der Waals surface area contributed by atoms with Crippen molar-refractivity contribution in [3.8, 4) is 5.75 Å². The van der Waals surface area contributed by atoms with Crippen LogP contribution in [-0.2, 0) is 11.2 Å². The first-order valence-electron chi connectivity index (χ1n) is 8.88. The Labute approximate surface area is 156 Å². The summed E-state index contributed by atoms with van der Waals surface area (Å²) in [6, 6.07) is 8.02. The van der Waals surface area contributed by atoms with Crippen molar-refractivity contribution in [1.82, 2.24) is 16.0 Å². The van der Waals surface area contributed by atoms with E-state index in [9.17, 15) is 4.79 Å². The lowest BCUT2D eigenvalue weighted by Gasteiger charge is -2.19. The number of hydrogen-bond donors (Lipinski definition) is 3. The Balaban J connectivity index is 2.18. The van der Waals surface area contributed by atoms with Gasteiger partial charge in [-0.25, -0.2) is 4.79 Å². The van der Waals surface area contributed by atoms with Crippen molar-refractivity contribution >= 4 is 12.1 Å². The number of ether oxygens (including phenoxy) is 2. The van der Waals surface area contributed by atoms with E-state index in [1.165, 1.54) is 5.56 Å². The number of alkyl carbamates (subject to hydrolysis) is 1. The monoisotopic (exact) mass is 364 g/mol. The maximum absolute atomic E-state index is 11.5. The number of aliphatic imine (C=N–C) groups is 1. The molecule has 7 nitrogen and oxygen atoms in total. The molecule has 1 aromatic rings. The highest BCUT2D eigenvalue weighted by molar-refractivity contribution is 5.79. The quantitative estimate of drug-likeness (QED) is 0.375. The zero-order valence-electron chi connectivity index (χ0n) is 16.5. The summed E-state index contributed by atoms with van der Waals surface area (Å²) in [7, 11) is 3.40. The van der Waals surface area contributed by atoms with Gasteiger partial charge < -0.3 is 25.4 Å². The molecule has 0 aliphatic carbocycles. The van der Waals surface area contributed by atoms with E-state index in [1.807, 2.05) is 39.0 Å². The molecule has 0 bridgehead atoms. The topological polar surface area (TPSA) is 84.0 Å². The average molecular weight is 364 g/mol. The van der Waals surface area contributed by atoms with Crippen molar-refractivity contribution in [2.75, 3.05) is 33.8 Å². The summed E-state index contributed by atoms with van der Waals surface area (Å²) < 4.78 is 10.4. The number of hydrogen-bond acceptors (Lipinski definition) is 4. The molecular weight excluding hydrogens is 332 g/mol. The molecule has 1 aromatic carbocycles. The predicted molar refractivity (Wildman–Crippen MR) is 105 cm³/mol. The number of carbonyl (C=O) groups is 1. The minimum absolute atomic E-state index is 0.390. The van der Waals surface area contributed by atoms with Gasteiger partial charge in [0, 0.05) is 26.7 Å². The van der Waals surface area contributed by atoms with Gasteiger partial charge in [0.1, 0.15) is 11.4 Å². The Morgan fingerprint density at radius 1 is 1.12 bits per heavy atom. The minimum atomic E-state index is -0.475. The fourth-order valence-corrected chi connectivity index (χ4v) is 2.17. The number of rotatable bonds is 8. The van der Waals surface area contributed by atoms with E-state index < -0.39 is 11.7 Å². The summed E-state index contributed by atoms with van der Waals surface area (Å²) in [5.74, 6) is 1.60. The van der Waals surface area contributed by atoms with Crippen molar-refractivity contribution in [2.24, 2.45) is 4.99 Å². The molecule has 146 valence electrons. The second-order valence-electron chi connectivity index (χ2n) is 6.81. The van der Waals surface area contributed by atoms with Gasteiger partial charge in [-0.3, -0.25) is 4.99 Å². The molecule has 7 heteroatoms. The third-order valence-corrected chi connectivity index (χ3v) is 3.38. The van der Waals surface area contributed by atoms with Gasteiger partial charge >= 0.3 is 6.09 Å². The van der Waals surface area contributed by atoms with Crippen LogP contribution in [0.1, 0.15) is 32.8 Å².